The first-order chi connectivity index (χ1) is 15.5. The molecule has 3 aromatic carbocycles. The van der Waals surface area contributed by atoms with Crippen molar-refractivity contribution in [2.45, 2.75) is 0 Å². The number of hydrogen-bond donors (Lipinski definition) is 0. The Morgan fingerprint density at radius 3 is 1.69 bits per heavy atom. The van der Waals surface area contributed by atoms with Crippen molar-refractivity contribution in [3.05, 3.63) is 90.0 Å². The zero-order chi connectivity index (χ0) is 22.7. The molecule has 0 aliphatic carbocycles. The molecule has 6 nitrogen and oxygen atoms in total. The lowest BCUT2D eigenvalue weighted by Gasteiger charge is -2.36. The van der Waals surface area contributed by atoms with Crippen molar-refractivity contribution < 1.29 is 19.1 Å². The number of hydrogen-bond acceptors (Lipinski definition) is 5. The van der Waals surface area contributed by atoms with Crippen LogP contribution in [0.4, 0.5) is 11.4 Å². The number of anilines is 2. The molecule has 0 spiro atoms. The second-order valence-corrected chi connectivity index (χ2v) is 7.27. The van der Waals surface area contributed by atoms with Gasteiger partial charge in [-0.3, -0.25) is 19.4 Å². The zero-order valence-corrected chi connectivity index (χ0v) is 18.3. The van der Waals surface area contributed by atoms with Crippen LogP contribution in [0.5, 0.6) is 11.5 Å². The van der Waals surface area contributed by atoms with Gasteiger partial charge in [0.05, 0.1) is 25.6 Å². The standard InChI is InChI=1S/C25H20N2O4S/c1-30-21-14-13-17(16-22(21)31-2)15-20-23(28)26(18-9-5-3-6-10-18)25(32)27(24(20)29)19-11-7-4-8-12-19/h3-16H,1-2H3. The molecule has 160 valence electrons. The van der Waals surface area contributed by atoms with E-state index in [1.165, 1.54) is 16.9 Å². The zero-order valence-electron chi connectivity index (χ0n) is 17.5. The summed E-state index contributed by atoms with van der Waals surface area (Å²) in [4.78, 5) is 29.7. The minimum atomic E-state index is -0.492. The first kappa shape index (κ1) is 21.3. The van der Waals surface area contributed by atoms with Gasteiger partial charge in [0.25, 0.3) is 11.8 Å². The third-order valence-electron chi connectivity index (χ3n) is 5.00. The molecule has 0 N–H and O–H groups in total. The van der Waals surface area contributed by atoms with Crippen LogP contribution in [0, 0.1) is 0 Å². The van der Waals surface area contributed by atoms with E-state index in [4.69, 9.17) is 21.7 Å². The van der Waals surface area contributed by atoms with Gasteiger partial charge < -0.3 is 9.47 Å². The first-order valence-electron chi connectivity index (χ1n) is 9.82. The summed E-state index contributed by atoms with van der Waals surface area (Å²) in [5, 5.41) is 0.0989. The van der Waals surface area contributed by atoms with Crippen LogP contribution in [-0.4, -0.2) is 31.1 Å². The van der Waals surface area contributed by atoms with Crippen molar-refractivity contribution >= 4 is 46.6 Å². The molecule has 3 aromatic rings. The summed E-state index contributed by atoms with van der Waals surface area (Å²) in [5.74, 6) is 0.0585. The molecule has 0 radical (unpaired) electrons. The van der Waals surface area contributed by atoms with Gasteiger partial charge in [0, 0.05) is 0 Å². The summed E-state index contributed by atoms with van der Waals surface area (Å²) in [5.41, 5.74) is 1.76. The Balaban J connectivity index is 1.85. The lowest BCUT2D eigenvalue weighted by atomic mass is 10.0. The lowest BCUT2D eigenvalue weighted by molar-refractivity contribution is -0.120. The smallest absolute Gasteiger partial charge is 0.270 e. The molecule has 7 heteroatoms. The molecular formula is C25H20N2O4S. The Morgan fingerprint density at radius 1 is 0.719 bits per heavy atom. The molecule has 32 heavy (non-hydrogen) atoms. The molecule has 0 saturated carbocycles. The van der Waals surface area contributed by atoms with Crippen molar-refractivity contribution in [3.8, 4) is 11.5 Å². The molecular weight excluding hydrogens is 424 g/mol. The van der Waals surface area contributed by atoms with E-state index in [1.54, 1.807) is 55.7 Å². The van der Waals surface area contributed by atoms with Crippen LogP contribution < -0.4 is 19.3 Å². The molecule has 1 heterocycles. The van der Waals surface area contributed by atoms with E-state index in [-0.39, 0.29) is 10.7 Å². The highest BCUT2D eigenvalue weighted by molar-refractivity contribution is 7.81. The van der Waals surface area contributed by atoms with Gasteiger partial charge in [-0.1, -0.05) is 42.5 Å². The molecule has 0 atom stereocenters. The Morgan fingerprint density at radius 2 is 1.22 bits per heavy atom. The summed E-state index contributed by atoms with van der Waals surface area (Å²) in [6.45, 7) is 0. The number of thiocarbonyl (C=S) groups is 1. The van der Waals surface area contributed by atoms with Gasteiger partial charge in [-0.25, -0.2) is 0 Å². The number of carbonyl (C=O) groups excluding carboxylic acids is 2. The predicted octanol–water partition coefficient (Wildman–Crippen LogP) is 4.45. The second-order valence-electron chi connectivity index (χ2n) is 6.91. The highest BCUT2D eigenvalue weighted by Crippen LogP contribution is 2.32. The number of methoxy groups -OCH3 is 2. The Labute approximate surface area is 191 Å². The minimum Gasteiger partial charge on any atom is -0.493 e. The highest BCUT2D eigenvalue weighted by Gasteiger charge is 2.41. The molecule has 1 saturated heterocycles. The van der Waals surface area contributed by atoms with Gasteiger partial charge in [0.15, 0.2) is 16.6 Å². The second kappa shape index (κ2) is 9.03. The fourth-order valence-corrected chi connectivity index (χ4v) is 3.83. The SMILES string of the molecule is COc1ccc(C=C2C(=O)N(c3ccccc3)C(=S)N(c3ccccc3)C2=O)cc1OC. The molecule has 0 bridgehead atoms. The van der Waals surface area contributed by atoms with E-state index >= 15 is 0 Å². The van der Waals surface area contributed by atoms with Crippen molar-refractivity contribution in [2.24, 2.45) is 0 Å². The van der Waals surface area contributed by atoms with Crippen LogP contribution in [-0.2, 0) is 9.59 Å². The number of rotatable bonds is 5. The third-order valence-corrected chi connectivity index (χ3v) is 5.36. The number of ether oxygens (including phenoxy) is 2. The summed E-state index contributed by atoms with van der Waals surface area (Å²) < 4.78 is 10.6. The monoisotopic (exact) mass is 444 g/mol. The number of benzene rings is 3. The van der Waals surface area contributed by atoms with E-state index in [1.807, 2.05) is 36.4 Å². The largest absolute Gasteiger partial charge is 0.493 e. The quantitative estimate of drug-likeness (QED) is 0.331. The van der Waals surface area contributed by atoms with Gasteiger partial charge in [0.2, 0.25) is 0 Å². The van der Waals surface area contributed by atoms with Crippen LogP contribution in [0.1, 0.15) is 5.56 Å². The fraction of sp³-hybridized carbons (Fsp3) is 0.0800. The topological polar surface area (TPSA) is 59.1 Å². The molecule has 4 rings (SSSR count). The average molecular weight is 445 g/mol. The van der Waals surface area contributed by atoms with E-state index in [9.17, 15) is 9.59 Å². The van der Waals surface area contributed by atoms with Gasteiger partial charge in [-0.2, -0.15) is 0 Å². The maximum Gasteiger partial charge on any atom is 0.270 e. The average Bonchev–Trinajstić information content (AvgIpc) is 2.83. The molecule has 1 fully saturated rings. The minimum absolute atomic E-state index is 0.0153. The maximum absolute atomic E-state index is 13.5. The van der Waals surface area contributed by atoms with E-state index < -0.39 is 11.8 Å². The summed E-state index contributed by atoms with van der Waals surface area (Å²) >= 11 is 5.60. The van der Waals surface area contributed by atoms with Crippen LogP contribution in [0.3, 0.4) is 0 Å². The normalized spacial score (nSPS) is 13.9. The van der Waals surface area contributed by atoms with Gasteiger partial charge in [-0.05, 0) is 60.3 Å². The Hall–Kier alpha value is -3.97. The van der Waals surface area contributed by atoms with Gasteiger partial charge in [0.1, 0.15) is 5.57 Å². The fourth-order valence-electron chi connectivity index (χ4n) is 3.45. The highest BCUT2D eigenvalue weighted by atomic mass is 32.1. The Kier molecular flexibility index (Phi) is 6.00. The summed E-state index contributed by atoms with van der Waals surface area (Å²) in [6.07, 6.45) is 1.54. The first-order valence-corrected chi connectivity index (χ1v) is 10.2. The van der Waals surface area contributed by atoms with Crippen molar-refractivity contribution in [2.75, 3.05) is 24.0 Å². The number of carbonyl (C=O) groups is 2. The van der Waals surface area contributed by atoms with Crippen molar-refractivity contribution in [1.29, 1.82) is 0 Å². The van der Waals surface area contributed by atoms with Crippen LogP contribution >= 0.6 is 12.2 Å². The summed E-state index contributed by atoms with van der Waals surface area (Å²) in [7, 11) is 3.07. The third kappa shape index (κ3) is 3.86. The maximum atomic E-state index is 13.5. The van der Waals surface area contributed by atoms with Gasteiger partial charge >= 0.3 is 0 Å². The Bertz CT molecular complexity index is 1150. The van der Waals surface area contributed by atoms with Crippen LogP contribution in [0.15, 0.2) is 84.4 Å². The molecule has 0 aromatic heterocycles. The van der Waals surface area contributed by atoms with Crippen molar-refractivity contribution in [1.82, 2.24) is 0 Å². The summed E-state index contributed by atoms with van der Waals surface area (Å²) in [6, 6.07) is 23.2. The van der Waals surface area contributed by atoms with E-state index in [0.717, 1.165) is 0 Å². The lowest BCUT2D eigenvalue weighted by Crippen LogP contribution is -2.56. The predicted molar refractivity (Wildman–Crippen MR) is 128 cm³/mol. The molecule has 1 aliphatic heterocycles. The number of amides is 2. The number of nitrogens with zero attached hydrogens (tertiary/aromatic N) is 2. The van der Waals surface area contributed by atoms with Crippen molar-refractivity contribution in [3.63, 3.8) is 0 Å². The molecule has 2 amide bonds. The van der Waals surface area contributed by atoms with Crippen LogP contribution in [0.2, 0.25) is 0 Å². The number of para-hydroxylation sites is 2. The van der Waals surface area contributed by atoms with E-state index in [2.05, 4.69) is 0 Å². The van der Waals surface area contributed by atoms with Gasteiger partial charge in [-0.15, -0.1) is 0 Å². The molecule has 1 aliphatic rings. The van der Waals surface area contributed by atoms with Crippen LogP contribution in [0.25, 0.3) is 6.08 Å². The van der Waals surface area contributed by atoms with E-state index in [0.29, 0.717) is 28.4 Å². The molecule has 0 unspecified atom stereocenters.